The summed E-state index contributed by atoms with van der Waals surface area (Å²) in [6, 6.07) is 173. The highest BCUT2D eigenvalue weighted by Gasteiger charge is 2.25. The van der Waals surface area contributed by atoms with Gasteiger partial charge in [-0.1, -0.05) is 303 Å². The fourth-order valence-electron chi connectivity index (χ4n) is 20.2. The zero-order valence-corrected chi connectivity index (χ0v) is 68.7. The Morgan fingerprint density at radius 1 is 0.0873 bits per heavy atom. The van der Waals surface area contributed by atoms with Gasteiger partial charge >= 0.3 is 0 Å². The molecule has 0 bridgehead atoms. The van der Waals surface area contributed by atoms with E-state index in [1.165, 1.54) is 198 Å². The summed E-state index contributed by atoms with van der Waals surface area (Å²) in [6.07, 6.45) is 0. The van der Waals surface area contributed by atoms with E-state index in [0.29, 0.717) is 0 Å². The minimum Gasteiger partial charge on any atom is -0.309 e. The van der Waals surface area contributed by atoms with Crippen molar-refractivity contribution in [1.29, 1.82) is 0 Å². The molecule has 0 atom stereocenters. The molecule has 0 aliphatic rings. The Balaban J connectivity index is 0.000000137. The number of aromatic nitrogens is 6. The van der Waals surface area contributed by atoms with Gasteiger partial charge in [0, 0.05) is 98.8 Å². The van der Waals surface area contributed by atoms with E-state index in [1.807, 2.05) is 0 Å². The predicted octanol–water partition coefficient (Wildman–Crippen LogP) is 32.0. The van der Waals surface area contributed by atoms with E-state index in [2.05, 4.69) is 501 Å². The van der Waals surface area contributed by atoms with Gasteiger partial charge < -0.3 is 27.4 Å². The van der Waals surface area contributed by atoms with Gasteiger partial charge in [-0.05, 0) is 237 Å². The lowest BCUT2D eigenvalue weighted by molar-refractivity contribution is 1.16. The first-order chi connectivity index (χ1) is 62.5. The maximum atomic E-state index is 2.46. The highest BCUT2D eigenvalue weighted by Crippen LogP contribution is 2.47. The van der Waals surface area contributed by atoms with Crippen LogP contribution in [0.5, 0.6) is 0 Å². The molecule has 0 unspecified atom stereocenters. The van der Waals surface area contributed by atoms with Crippen molar-refractivity contribution in [3.05, 3.63) is 473 Å². The highest BCUT2D eigenvalue weighted by atomic mass is 15.0. The van der Waals surface area contributed by atoms with Crippen molar-refractivity contribution in [3.63, 3.8) is 0 Å². The molecular formula is C120H78N6. The third-order valence-corrected chi connectivity index (χ3v) is 26.1. The van der Waals surface area contributed by atoms with E-state index in [1.54, 1.807) is 0 Å². The van der Waals surface area contributed by atoms with Crippen molar-refractivity contribution in [1.82, 2.24) is 27.4 Å². The van der Waals surface area contributed by atoms with Crippen molar-refractivity contribution in [2.45, 2.75) is 0 Å². The number of hydrogen-bond donors (Lipinski definition) is 0. The van der Waals surface area contributed by atoms with Crippen molar-refractivity contribution in [2.24, 2.45) is 0 Å². The maximum absolute atomic E-state index is 2.46. The summed E-state index contributed by atoms with van der Waals surface area (Å²) in [5.41, 5.74) is 35.7. The van der Waals surface area contributed by atoms with E-state index in [4.69, 9.17) is 0 Å². The summed E-state index contributed by atoms with van der Waals surface area (Å²) in [5.74, 6) is 0. The smallest absolute Gasteiger partial charge is 0.0562 e. The van der Waals surface area contributed by atoms with Gasteiger partial charge in [-0.2, -0.15) is 0 Å². The molecule has 0 aliphatic heterocycles. The molecular weight excluding hydrogens is 1530 g/mol. The molecule has 20 aromatic carbocycles. The minimum absolute atomic E-state index is 1.13. The molecule has 6 heterocycles. The molecule has 6 nitrogen and oxygen atoms in total. The van der Waals surface area contributed by atoms with Crippen molar-refractivity contribution < 1.29 is 0 Å². The average Bonchev–Trinajstić information content (AvgIpc) is 1.56. The second-order valence-electron chi connectivity index (χ2n) is 33.1. The maximum Gasteiger partial charge on any atom is 0.0562 e. The summed E-state index contributed by atoms with van der Waals surface area (Å²) in [4.78, 5) is 0. The quantitative estimate of drug-likeness (QED) is 0.117. The monoisotopic (exact) mass is 1600 g/mol. The largest absolute Gasteiger partial charge is 0.309 e. The van der Waals surface area contributed by atoms with Gasteiger partial charge in [0.1, 0.15) is 0 Å². The minimum atomic E-state index is 1.13. The molecule has 588 valence electrons. The van der Waals surface area contributed by atoms with Crippen molar-refractivity contribution in [2.75, 3.05) is 0 Å². The predicted molar refractivity (Wildman–Crippen MR) is 532 cm³/mol. The van der Waals surface area contributed by atoms with E-state index in [-0.39, 0.29) is 0 Å². The Morgan fingerprint density at radius 3 is 0.532 bits per heavy atom. The van der Waals surface area contributed by atoms with Crippen LogP contribution < -0.4 is 0 Å². The molecule has 0 spiro atoms. The van der Waals surface area contributed by atoms with Crippen LogP contribution in [0.4, 0.5) is 0 Å². The lowest BCUT2D eigenvalue weighted by atomic mass is 10.00. The summed E-state index contributed by atoms with van der Waals surface area (Å²) in [6.45, 7) is 0. The van der Waals surface area contributed by atoms with Crippen LogP contribution >= 0.6 is 0 Å². The summed E-state index contributed by atoms with van der Waals surface area (Å²) in [7, 11) is 0. The molecule has 26 rings (SSSR count). The number of benzene rings is 20. The first-order valence-corrected chi connectivity index (χ1v) is 43.3. The average molecular weight is 1600 g/mol. The SMILES string of the molecule is c1ccc(-c2ccc(-n3c4ccccc4c4cc(-c5ccc6c(c5)c5cc7c(cc5n6-c5ccc(-c6ccccc6)cc5)c5ccccc5n7-c5ccccc5)ccc43)cc2)cc1.c1ccc(-c2ccc(-n3c4ccccc4c4cc(-c5ccc6c(c5)c5cc7c8ccccc8n(-c8ccccc8)c7cc5n6-c5ccc(-c6ccccc6)cc5)ccc43)cc2)cc1. The normalized spacial score (nSPS) is 11.8. The Labute approximate surface area is 727 Å². The molecule has 6 heteroatoms. The van der Waals surface area contributed by atoms with Crippen LogP contribution in [0.2, 0.25) is 0 Å². The molecule has 0 amide bonds. The van der Waals surface area contributed by atoms with Gasteiger partial charge in [0.25, 0.3) is 0 Å². The topological polar surface area (TPSA) is 29.6 Å². The first-order valence-electron chi connectivity index (χ1n) is 43.3. The summed E-state index contributed by atoms with van der Waals surface area (Å²) in [5, 5.41) is 14.9. The lowest BCUT2D eigenvalue weighted by Gasteiger charge is -2.11. The second-order valence-corrected chi connectivity index (χ2v) is 33.1. The Bertz CT molecular complexity index is 8730. The van der Waals surface area contributed by atoms with Gasteiger partial charge in [-0.15, -0.1) is 0 Å². The van der Waals surface area contributed by atoms with Gasteiger partial charge in [0.15, 0.2) is 0 Å². The van der Waals surface area contributed by atoms with Crippen LogP contribution in [0, 0.1) is 0 Å². The van der Waals surface area contributed by atoms with Crippen LogP contribution in [0.3, 0.4) is 0 Å². The summed E-state index contributed by atoms with van der Waals surface area (Å²) < 4.78 is 14.6. The molecule has 0 aliphatic carbocycles. The van der Waals surface area contributed by atoms with Gasteiger partial charge in [0.2, 0.25) is 0 Å². The van der Waals surface area contributed by atoms with Crippen LogP contribution in [0.15, 0.2) is 473 Å². The highest BCUT2D eigenvalue weighted by molar-refractivity contribution is 6.22. The van der Waals surface area contributed by atoms with Gasteiger partial charge in [0.05, 0.1) is 66.2 Å². The van der Waals surface area contributed by atoms with E-state index >= 15 is 0 Å². The molecule has 0 radical (unpaired) electrons. The van der Waals surface area contributed by atoms with Crippen LogP contribution in [-0.4, -0.2) is 27.4 Å². The Hall–Kier alpha value is -16.8. The zero-order chi connectivity index (χ0) is 82.9. The van der Waals surface area contributed by atoms with Crippen LogP contribution in [-0.2, 0) is 0 Å². The van der Waals surface area contributed by atoms with Gasteiger partial charge in [-0.3, -0.25) is 0 Å². The molecule has 0 N–H and O–H groups in total. The molecule has 0 saturated heterocycles. The zero-order valence-electron chi connectivity index (χ0n) is 68.7. The van der Waals surface area contributed by atoms with Crippen molar-refractivity contribution >= 4 is 131 Å². The van der Waals surface area contributed by atoms with Crippen LogP contribution in [0.1, 0.15) is 0 Å². The number of hydrogen-bond acceptors (Lipinski definition) is 0. The van der Waals surface area contributed by atoms with E-state index in [9.17, 15) is 0 Å². The lowest BCUT2D eigenvalue weighted by Crippen LogP contribution is -1.96. The Kier molecular flexibility index (Phi) is 16.9. The van der Waals surface area contributed by atoms with Gasteiger partial charge in [-0.25, -0.2) is 0 Å². The molecule has 6 aromatic heterocycles. The fourth-order valence-corrected chi connectivity index (χ4v) is 20.2. The number of fused-ring (bicyclic) bond motifs is 18. The molecule has 0 saturated carbocycles. The fraction of sp³-hybridized carbons (Fsp3) is 0. The standard InChI is InChI=1S/2C60H39N3/c1-4-14-40(15-5-1)42-24-30-47(31-25-42)61-55-22-12-10-20-49(55)51-36-44(28-34-57(51)61)45-29-35-58-52(37-45)54-39-59-53(50-21-11-13-23-56(50)62(59)46-18-8-3-9-19-46)38-60(54)63(58)48-32-26-43(27-33-48)41-16-6-2-7-17-41;1-4-14-40(15-5-1)42-24-30-47(31-25-42)61-55-22-12-10-20-49(55)51-36-44(28-34-57(51)61)45-29-35-58-52(37-45)54-38-53-50-21-11-13-23-56(50)62(46-18-8-3-9-19-46)59(53)39-60(54)63(58)48-32-26-43(27-33-48)41-16-6-2-7-17-41/h2*1-39H. The third-order valence-electron chi connectivity index (χ3n) is 26.1. The number of nitrogens with zero attached hydrogens (tertiary/aromatic N) is 6. The number of para-hydroxylation sites is 6. The first kappa shape index (κ1) is 72.1. The Morgan fingerprint density at radius 2 is 0.254 bits per heavy atom. The van der Waals surface area contributed by atoms with E-state index < -0.39 is 0 Å². The third kappa shape index (κ3) is 11.9. The van der Waals surface area contributed by atoms with E-state index in [0.717, 1.165) is 34.1 Å². The molecule has 0 fully saturated rings. The van der Waals surface area contributed by atoms with Crippen molar-refractivity contribution in [3.8, 4) is 101 Å². The van der Waals surface area contributed by atoms with Crippen LogP contribution in [0.25, 0.3) is 232 Å². The summed E-state index contributed by atoms with van der Waals surface area (Å²) >= 11 is 0. The second kappa shape index (κ2) is 29.5. The molecule has 126 heavy (non-hydrogen) atoms. The molecule has 26 aromatic rings. The number of rotatable bonds is 12.